The molecule has 0 saturated carbocycles. The molecule has 0 N–H and O–H groups in total. The second kappa shape index (κ2) is 8.24. The van der Waals surface area contributed by atoms with Crippen LogP contribution < -0.4 is 4.90 Å². The van der Waals surface area contributed by atoms with Gasteiger partial charge < -0.3 is 14.2 Å². The van der Waals surface area contributed by atoms with Crippen LogP contribution in [0.3, 0.4) is 0 Å². The van der Waals surface area contributed by atoms with E-state index in [1.165, 1.54) is 0 Å². The molecule has 3 aromatic heterocycles. The summed E-state index contributed by atoms with van der Waals surface area (Å²) in [4.78, 5) is 16.5. The zero-order chi connectivity index (χ0) is 20.5. The summed E-state index contributed by atoms with van der Waals surface area (Å²) in [6.45, 7) is 12.5. The molecule has 1 atom stereocenters. The summed E-state index contributed by atoms with van der Waals surface area (Å²) in [5.41, 5.74) is 4.95. The first kappa shape index (κ1) is 20.0. The summed E-state index contributed by atoms with van der Waals surface area (Å²) in [7, 11) is 0. The number of rotatable bonds is 6. The molecule has 7 heteroatoms. The molecule has 29 heavy (non-hydrogen) atoms. The minimum Gasteiger partial charge on any atom is -0.380 e. The van der Waals surface area contributed by atoms with Crippen LogP contribution in [0.25, 0.3) is 22.6 Å². The molecule has 1 saturated heterocycles. The zero-order valence-electron chi connectivity index (χ0n) is 17.2. The maximum absolute atomic E-state index is 5.59. The SMILES string of the molecule is C=C1CC[C@H](C)N1c1ccc(-c2nc3c(C)c(Br)cnc3n2CCOCC)cn1. The summed E-state index contributed by atoms with van der Waals surface area (Å²) >= 11 is 3.57. The molecule has 0 spiro atoms. The number of allylic oxidation sites excluding steroid dienone is 1. The van der Waals surface area contributed by atoms with Crippen LogP contribution in [0.2, 0.25) is 0 Å². The molecule has 4 rings (SSSR count). The molecular weight excluding hydrogens is 430 g/mol. The molecule has 0 aliphatic carbocycles. The van der Waals surface area contributed by atoms with Gasteiger partial charge in [-0.25, -0.2) is 15.0 Å². The number of anilines is 1. The van der Waals surface area contributed by atoms with Gasteiger partial charge in [-0.3, -0.25) is 0 Å². The van der Waals surface area contributed by atoms with E-state index in [0.29, 0.717) is 25.8 Å². The highest BCUT2D eigenvalue weighted by Gasteiger charge is 2.25. The first-order valence-corrected chi connectivity index (χ1v) is 10.8. The number of halogens is 1. The fourth-order valence-electron chi connectivity index (χ4n) is 3.87. The lowest BCUT2D eigenvalue weighted by Gasteiger charge is -2.23. The Kier molecular flexibility index (Phi) is 5.69. The van der Waals surface area contributed by atoms with Crippen molar-refractivity contribution in [2.75, 3.05) is 18.1 Å². The second-order valence-electron chi connectivity index (χ2n) is 7.42. The van der Waals surface area contributed by atoms with Gasteiger partial charge in [-0.15, -0.1) is 0 Å². The Morgan fingerprint density at radius 3 is 2.76 bits per heavy atom. The summed E-state index contributed by atoms with van der Waals surface area (Å²) in [6, 6.07) is 4.58. The van der Waals surface area contributed by atoms with Crippen LogP contribution in [0.4, 0.5) is 5.82 Å². The van der Waals surface area contributed by atoms with Crippen LogP contribution in [0.5, 0.6) is 0 Å². The first-order valence-electron chi connectivity index (χ1n) is 10.0. The lowest BCUT2D eigenvalue weighted by molar-refractivity contribution is 0.140. The molecule has 152 valence electrons. The van der Waals surface area contributed by atoms with Crippen molar-refractivity contribution in [1.82, 2.24) is 19.5 Å². The van der Waals surface area contributed by atoms with Crippen LogP contribution in [0, 0.1) is 6.92 Å². The Bertz CT molecular complexity index is 1040. The maximum atomic E-state index is 5.59. The Morgan fingerprint density at radius 1 is 1.28 bits per heavy atom. The van der Waals surface area contributed by atoms with Crippen molar-refractivity contribution in [3.05, 3.63) is 46.8 Å². The molecular formula is C22H26BrN5O. The van der Waals surface area contributed by atoms with Crippen LogP contribution in [0.1, 0.15) is 32.3 Å². The van der Waals surface area contributed by atoms with Crippen LogP contribution in [0.15, 0.2) is 41.3 Å². The number of imidazole rings is 1. The van der Waals surface area contributed by atoms with E-state index in [1.54, 1.807) is 0 Å². The van der Waals surface area contributed by atoms with Gasteiger partial charge in [0.05, 0.1) is 6.61 Å². The molecule has 0 amide bonds. The highest BCUT2D eigenvalue weighted by atomic mass is 79.9. The van der Waals surface area contributed by atoms with E-state index in [9.17, 15) is 0 Å². The Hall–Kier alpha value is -2.25. The number of fused-ring (bicyclic) bond motifs is 1. The zero-order valence-corrected chi connectivity index (χ0v) is 18.7. The third-order valence-corrected chi connectivity index (χ3v) is 6.30. The van der Waals surface area contributed by atoms with Crippen molar-refractivity contribution in [1.29, 1.82) is 0 Å². The van der Waals surface area contributed by atoms with E-state index in [4.69, 9.17) is 14.7 Å². The lowest BCUT2D eigenvalue weighted by Crippen LogP contribution is -2.25. The quantitative estimate of drug-likeness (QED) is 0.483. The number of hydrogen-bond acceptors (Lipinski definition) is 5. The minimum absolute atomic E-state index is 0.431. The van der Waals surface area contributed by atoms with Crippen LogP contribution in [-0.4, -0.2) is 38.8 Å². The Balaban J connectivity index is 1.75. The van der Waals surface area contributed by atoms with E-state index in [-0.39, 0.29) is 0 Å². The number of pyridine rings is 2. The monoisotopic (exact) mass is 455 g/mol. The van der Waals surface area contributed by atoms with Crippen molar-refractivity contribution in [2.45, 2.75) is 46.2 Å². The van der Waals surface area contributed by atoms with E-state index in [0.717, 1.165) is 56.9 Å². The van der Waals surface area contributed by atoms with Crippen molar-refractivity contribution in [3.8, 4) is 11.4 Å². The number of hydrogen-bond donors (Lipinski definition) is 0. The number of aryl methyl sites for hydroxylation is 1. The third-order valence-electron chi connectivity index (χ3n) is 5.50. The molecule has 1 aliphatic rings. The van der Waals surface area contributed by atoms with Crippen molar-refractivity contribution in [2.24, 2.45) is 0 Å². The average Bonchev–Trinajstić information content (AvgIpc) is 3.25. The minimum atomic E-state index is 0.431. The third kappa shape index (κ3) is 3.69. The smallest absolute Gasteiger partial charge is 0.160 e. The molecule has 6 nitrogen and oxygen atoms in total. The maximum Gasteiger partial charge on any atom is 0.160 e. The van der Waals surface area contributed by atoms with Gasteiger partial charge in [0.2, 0.25) is 0 Å². The van der Waals surface area contributed by atoms with Gasteiger partial charge >= 0.3 is 0 Å². The fraction of sp³-hybridized carbons (Fsp3) is 0.409. The highest BCUT2D eigenvalue weighted by molar-refractivity contribution is 9.10. The summed E-state index contributed by atoms with van der Waals surface area (Å²) < 4.78 is 8.68. The average molecular weight is 456 g/mol. The summed E-state index contributed by atoms with van der Waals surface area (Å²) in [5, 5.41) is 0. The Morgan fingerprint density at radius 2 is 2.10 bits per heavy atom. The molecule has 4 heterocycles. The molecule has 0 aromatic carbocycles. The molecule has 1 fully saturated rings. The lowest BCUT2D eigenvalue weighted by atomic mass is 10.2. The topological polar surface area (TPSA) is 56.1 Å². The van der Waals surface area contributed by atoms with Gasteiger partial charge in [0, 0.05) is 47.3 Å². The molecule has 0 radical (unpaired) electrons. The second-order valence-corrected chi connectivity index (χ2v) is 8.27. The van der Waals surface area contributed by atoms with Crippen molar-refractivity contribution < 1.29 is 4.74 Å². The van der Waals surface area contributed by atoms with Crippen molar-refractivity contribution >= 4 is 32.9 Å². The number of nitrogens with zero attached hydrogens (tertiary/aromatic N) is 5. The van der Waals surface area contributed by atoms with Crippen molar-refractivity contribution in [3.63, 3.8) is 0 Å². The van der Waals surface area contributed by atoms with E-state index in [1.807, 2.05) is 19.3 Å². The summed E-state index contributed by atoms with van der Waals surface area (Å²) in [5.74, 6) is 1.80. The molecule has 0 bridgehead atoms. The number of aromatic nitrogens is 4. The van der Waals surface area contributed by atoms with Gasteiger partial charge in [-0.2, -0.15) is 0 Å². The van der Waals surface area contributed by atoms with E-state index >= 15 is 0 Å². The summed E-state index contributed by atoms with van der Waals surface area (Å²) in [6.07, 6.45) is 5.88. The van der Waals surface area contributed by atoms with Gasteiger partial charge in [0.1, 0.15) is 17.2 Å². The molecule has 1 aliphatic heterocycles. The van der Waals surface area contributed by atoms with E-state index in [2.05, 4.69) is 62.9 Å². The predicted molar refractivity (Wildman–Crippen MR) is 120 cm³/mol. The van der Waals surface area contributed by atoms with Gasteiger partial charge in [0.25, 0.3) is 0 Å². The van der Waals surface area contributed by atoms with Crippen LogP contribution >= 0.6 is 15.9 Å². The molecule has 0 unspecified atom stereocenters. The van der Waals surface area contributed by atoms with Gasteiger partial charge in [-0.1, -0.05) is 6.58 Å². The van der Waals surface area contributed by atoms with E-state index < -0.39 is 0 Å². The van der Waals surface area contributed by atoms with Gasteiger partial charge in [0.15, 0.2) is 5.65 Å². The first-order chi connectivity index (χ1) is 14.0. The molecule has 3 aromatic rings. The van der Waals surface area contributed by atoms with Crippen LogP contribution in [-0.2, 0) is 11.3 Å². The standard InChI is InChI=1S/C22H26BrN5O/c1-5-29-11-10-27-21(26-20-16(4)18(23)13-25-22(20)27)17-8-9-19(24-12-17)28-14(2)6-7-15(28)3/h8-9,12-13,15H,2,5-7,10-11H2,1,3-4H3/t15-/m0/s1. The normalized spacial score (nSPS) is 16.9. The highest BCUT2D eigenvalue weighted by Crippen LogP contribution is 2.33. The van der Waals surface area contributed by atoms with Gasteiger partial charge in [-0.05, 0) is 67.2 Å². The predicted octanol–water partition coefficient (Wildman–Crippen LogP) is 5.10. The Labute approximate surface area is 179 Å². The fourth-order valence-corrected chi connectivity index (χ4v) is 4.16. The number of ether oxygens (including phenoxy) is 1. The largest absolute Gasteiger partial charge is 0.380 e.